The first-order valence-corrected chi connectivity index (χ1v) is 8.85. The van der Waals surface area contributed by atoms with Crippen molar-refractivity contribution in [1.82, 2.24) is 10.2 Å². The zero-order valence-electron chi connectivity index (χ0n) is 15.6. The van der Waals surface area contributed by atoms with Crippen molar-refractivity contribution in [2.45, 2.75) is 45.8 Å². The number of imide groups is 1. The molecule has 4 amide bonds. The molecule has 0 spiro atoms. The number of hydrogen-bond donors (Lipinski definition) is 2. The first-order valence-electron chi connectivity index (χ1n) is 8.48. The van der Waals surface area contributed by atoms with E-state index in [0.29, 0.717) is 17.1 Å². The molecule has 1 aliphatic rings. The van der Waals surface area contributed by atoms with Crippen LogP contribution in [0.25, 0.3) is 0 Å². The van der Waals surface area contributed by atoms with Gasteiger partial charge in [0.1, 0.15) is 12.1 Å². The number of anilines is 1. The zero-order chi connectivity index (χ0) is 20.4. The smallest absolute Gasteiger partial charge is 0.327 e. The summed E-state index contributed by atoms with van der Waals surface area (Å²) >= 11 is 5.91. The largest absolute Gasteiger partial charge is 0.451 e. The molecule has 2 atom stereocenters. The third-order valence-corrected chi connectivity index (χ3v) is 4.71. The third-order valence-electron chi connectivity index (χ3n) is 4.47. The van der Waals surface area contributed by atoms with Crippen molar-refractivity contribution in [3.8, 4) is 0 Å². The van der Waals surface area contributed by atoms with Crippen molar-refractivity contribution in [2.24, 2.45) is 0 Å². The number of esters is 1. The van der Waals surface area contributed by atoms with Crippen LogP contribution in [0.15, 0.2) is 18.2 Å². The highest BCUT2D eigenvalue weighted by molar-refractivity contribution is 6.31. The Bertz CT molecular complexity index is 797. The average molecular weight is 396 g/mol. The highest BCUT2D eigenvalue weighted by Crippen LogP contribution is 2.22. The van der Waals surface area contributed by atoms with E-state index in [1.54, 1.807) is 39.0 Å². The van der Waals surface area contributed by atoms with Gasteiger partial charge >= 0.3 is 12.0 Å². The fourth-order valence-corrected chi connectivity index (χ4v) is 2.68. The summed E-state index contributed by atoms with van der Waals surface area (Å²) in [5.41, 5.74) is 0.262. The monoisotopic (exact) mass is 395 g/mol. The predicted octanol–water partition coefficient (Wildman–Crippen LogP) is 2.24. The number of ether oxygens (including phenoxy) is 1. The minimum absolute atomic E-state index is 0.390. The molecule has 0 saturated carbocycles. The second kappa shape index (κ2) is 7.96. The molecule has 1 saturated heterocycles. The molecule has 9 heteroatoms. The number of urea groups is 1. The van der Waals surface area contributed by atoms with Crippen LogP contribution >= 0.6 is 11.6 Å². The van der Waals surface area contributed by atoms with Crippen LogP contribution < -0.4 is 10.6 Å². The van der Waals surface area contributed by atoms with E-state index in [-0.39, 0.29) is 0 Å². The van der Waals surface area contributed by atoms with Gasteiger partial charge in [-0.1, -0.05) is 24.6 Å². The quantitative estimate of drug-likeness (QED) is 0.567. The lowest BCUT2D eigenvalue weighted by Gasteiger charge is -2.19. The normalized spacial score (nSPS) is 20.3. The fourth-order valence-electron chi connectivity index (χ4n) is 2.51. The molecule has 0 bridgehead atoms. The maximum Gasteiger partial charge on any atom is 0.327 e. The van der Waals surface area contributed by atoms with Gasteiger partial charge in [-0.25, -0.2) is 4.79 Å². The van der Waals surface area contributed by atoms with Gasteiger partial charge in [-0.15, -0.1) is 0 Å². The number of rotatable bonds is 6. The van der Waals surface area contributed by atoms with E-state index >= 15 is 0 Å². The SMILES string of the molecule is CC[C@@]1(C)NC(=O)N(CC(=O)O[C@@H](C)C(=O)Nc2cc(Cl)ccc2C)C1=O. The van der Waals surface area contributed by atoms with Crippen LogP contribution in [-0.2, 0) is 19.1 Å². The van der Waals surface area contributed by atoms with Crippen molar-refractivity contribution >= 4 is 41.1 Å². The van der Waals surface area contributed by atoms with E-state index in [0.717, 1.165) is 10.5 Å². The number of nitrogens with one attached hydrogen (secondary N) is 2. The summed E-state index contributed by atoms with van der Waals surface area (Å²) in [7, 11) is 0. The molecular weight excluding hydrogens is 374 g/mol. The van der Waals surface area contributed by atoms with Gasteiger partial charge in [0, 0.05) is 10.7 Å². The zero-order valence-corrected chi connectivity index (χ0v) is 16.3. The second-order valence-electron chi connectivity index (χ2n) is 6.59. The van der Waals surface area contributed by atoms with Gasteiger partial charge in [0.25, 0.3) is 11.8 Å². The van der Waals surface area contributed by atoms with Gasteiger partial charge in [0.15, 0.2) is 6.10 Å². The number of amides is 4. The molecule has 0 radical (unpaired) electrons. The third kappa shape index (κ3) is 4.57. The molecule has 1 aliphatic heterocycles. The number of benzene rings is 1. The number of nitrogens with zero attached hydrogens (tertiary/aromatic N) is 1. The molecule has 1 aromatic carbocycles. The fraction of sp³-hybridized carbons (Fsp3) is 0.444. The molecule has 1 aromatic rings. The van der Waals surface area contributed by atoms with E-state index < -0.39 is 42.0 Å². The lowest BCUT2D eigenvalue weighted by Crippen LogP contribution is -2.44. The van der Waals surface area contributed by atoms with Crippen molar-refractivity contribution in [1.29, 1.82) is 0 Å². The molecule has 8 nitrogen and oxygen atoms in total. The van der Waals surface area contributed by atoms with Crippen LogP contribution in [0, 0.1) is 6.92 Å². The Balaban J connectivity index is 1.95. The average Bonchev–Trinajstić information content (AvgIpc) is 2.81. The lowest BCUT2D eigenvalue weighted by molar-refractivity contribution is -0.155. The summed E-state index contributed by atoms with van der Waals surface area (Å²) in [4.78, 5) is 49.3. The first kappa shape index (κ1) is 20.7. The van der Waals surface area contributed by atoms with E-state index in [1.807, 2.05) is 0 Å². The maximum absolute atomic E-state index is 12.3. The molecule has 2 rings (SSSR count). The van der Waals surface area contributed by atoms with Gasteiger partial charge in [0.2, 0.25) is 0 Å². The molecule has 146 valence electrons. The first-order chi connectivity index (χ1) is 12.6. The predicted molar refractivity (Wildman–Crippen MR) is 99.3 cm³/mol. The molecular formula is C18H22ClN3O5. The lowest BCUT2D eigenvalue weighted by atomic mass is 9.99. The number of hydrogen-bond acceptors (Lipinski definition) is 5. The van der Waals surface area contributed by atoms with Gasteiger partial charge < -0.3 is 15.4 Å². The summed E-state index contributed by atoms with van der Waals surface area (Å²) in [6, 6.07) is 4.37. The van der Waals surface area contributed by atoms with Gasteiger partial charge in [-0.3, -0.25) is 19.3 Å². The molecule has 27 heavy (non-hydrogen) atoms. The topological polar surface area (TPSA) is 105 Å². The van der Waals surface area contributed by atoms with Crippen molar-refractivity contribution in [2.75, 3.05) is 11.9 Å². The van der Waals surface area contributed by atoms with Crippen LogP contribution in [0.5, 0.6) is 0 Å². The van der Waals surface area contributed by atoms with Gasteiger partial charge in [0.05, 0.1) is 0 Å². The minimum Gasteiger partial charge on any atom is -0.451 e. The summed E-state index contributed by atoms with van der Waals surface area (Å²) < 4.78 is 5.06. The molecule has 1 heterocycles. The Hall–Kier alpha value is -2.61. The Kier molecular flexibility index (Phi) is 6.10. The highest BCUT2D eigenvalue weighted by Gasteiger charge is 2.47. The van der Waals surface area contributed by atoms with Crippen LogP contribution in [0.3, 0.4) is 0 Å². The molecule has 0 unspecified atom stereocenters. The molecule has 0 aliphatic carbocycles. The van der Waals surface area contributed by atoms with Crippen LogP contribution in [-0.4, -0.2) is 46.9 Å². The van der Waals surface area contributed by atoms with Gasteiger partial charge in [-0.2, -0.15) is 0 Å². The Morgan fingerprint density at radius 2 is 2.04 bits per heavy atom. The number of carbonyl (C=O) groups is 4. The summed E-state index contributed by atoms with van der Waals surface area (Å²) in [6.07, 6.45) is -0.727. The maximum atomic E-state index is 12.3. The minimum atomic E-state index is -1.12. The summed E-state index contributed by atoms with van der Waals surface area (Å²) in [6.45, 7) is 5.97. The molecule has 2 N–H and O–H groups in total. The van der Waals surface area contributed by atoms with Crippen LogP contribution in [0.1, 0.15) is 32.8 Å². The van der Waals surface area contributed by atoms with Crippen LogP contribution in [0.2, 0.25) is 5.02 Å². The van der Waals surface area contributed by atoms with E-state index in [4.69, 9.17) is 16.3 Å². The second-order valence-corrected chi connectivity index (χ2v) is 7.02. The van der Waals surface area contributed by atoms with Gasteiger partial charge in [-0.05, 0) is 44.9 Å². The number of aryl methyl sites for hydroxylation is 1. The Morgan fingerprint density at radius 1 is 1.37 bits per heavy atom. The number of carbonyl (C=O) groups excluding carboxylic acids is 4. The molecule has 0 aromatic heterocycles. The van der Waals surface area contributed by atoms with Crippen LogP contribution in [0.4, 0.5) is 10.5 Å². The van der Waals surface area contributed by atoms with Crippen molar-refractivity contribution < 1.29 is 23.9 Å². The molecule has 1 fully saturated rings. The summed E-state index contributed by atoms with van der Waals surface area (Å²) in [5.74, 6) is -1.91. The Morgan fingerprint density at radius 3 is 2.63 bits per heavy atom. The highest BCUT2D eigenvalue weighted by atomic mass is 35.5. The van der Waals surface area contributed by atoms with Crippen molar-refractivity contribution in [3.63, 3.8) is 0 Å². The van der Waals surface area contributed by atoms with Crippen molar-refractivity contribution in [3.05, 3.63) is 28.8 Å². The van der Waals surface area contributed by atoms with E-state index in [9.17, 15) is 19.2 Å². The number of halogens is 1. The summed E-state index contributed by atoms with van der Waals surface area (Å²) in [5, 5.41) is 5.63. The van der Waals surface area contributed by atoms with E-state index in [1.165, 1.54) is 6.92 Å². The van der Waals surface area contributed by atoms with E-state index in [2.05, 4.69) is 10.6 Å². The Labute approximate surface area is 162 Å². The standard InChI is InChI=1S/C18H22ClN3O5/c1-5-18(4)16(25)22(17(26)21-18)9-14(23)27-11(3)15(24)20-13-8-12(19)7-6-10(13)2/h6-8,11H,5,9H2,1-4H3,(H,20,24)(H,21,26)/t11-,18+/m0/s1.